The molecule has 0 radical (unpaired) electrons. The lowest BCUT2D eigenvalue weighted by Gasteiger charge is -2.30. The average Bonchev–Trinajstić information content (AvgIpc) is 3.10. The summed E-state index contributed by atoms with van der Waals surface area (Å²) in [5.74, 6) is 0.226. The molecular weight excluding hydrogens is 444 g/mol. The van der Waals surface area contributed by atoms with Crippen molar-refractivity contribution in [1.29, 1.82) is 0 Å². The summed E-state index contributed by atoms with van der Waals surface area (Å²) >= 11 is 0. The van der Waals surface area contributed by atoms with E-state index in [-0.39, 0.29) is 23.5 Å². The van der Waals surface area contributed by atoms with Crippen LogP contribution in [-0.4, -0.2) is 11.6 Å². The van der Waals surface area contributed by atoms with Gasteiger partial charge in [0.15, 0.2) is 11.6 Å². The zero-order chi connectivity index (χ0) is 24.5. The number of anilines is 2. The molecule has 0 saturated heterocycles. The van der Waals surface area contributed by atoms with Crippen LogP contribution in [0.15, 0.2) is 120 Å². The third-order valence-electron chi connectivity index (χ3n) is 7.10. The lowest BCUT2D eigenvalue weighted by Crippen LogP contribution is -2.26. The maximum atomic E-state index is 13.7. The largest absolute Gasteiger partial charge is 0.372 e. The minimum Gasteiger partial charge on any atom is -0.372 e. The van der Waals surface area contributed by atoms with Gasteiger partial charge >= 0.3 is 0 Å². The predicted octanol–water partition coefficient (Wildman–Crippen LogP) is 6.90. The zero-order valence-electron chi connectivity index (χ0n) is 19.8. The third kappa shape index (κ3) is 4.11. The number of carbonyl (C=O) groups is 2. The van der Waals surface area contributed by atoms with E-state index in [4.69, 9.17) is 0 Å². The lowest BCUT2D eigenvalue weighted by atomic mass is 9.78. The molecule has 4 aromatic carbocycles. The normalized spacial score (nSPS) is 18.8. The second-order valence-corrected chi connectivity index (χ2v) is 9.40. The maximum absolute atomic E-state index is 13.7. The number of benzene rings is 4. The van der Waals surface area contributed by atoms with Crippen LogP contribution in [-0.2, 0) is 4.79 Å². The quantitative estimate of drug-likeness (QED) is 0.319. The van der Waals surface area contributed by atoms with E-state index in [1.54, 1.807) is 0 Å². The average molecular weight is 471 g/mol. The molecule has 6 rings (SSSR count). The predicted molar refractivity (Wildman–Crippen MR) is 143 cm³/mol. The minimum absolute atomic E-state index is 0.0276. The van der Waals surface area contributed by atoms with E-state index in [2.05, 4.69) is 34.9 Å². The fourth-order valence-corrected chi connectivity index (χ4v) is 5.30. The molecule has 1 heterocycles. The van der Waals surface area contributed by atoms with Gasteiger partial charge in [-0.2, -0.15) is 0 Å². The van der Waals surface area contributed by atoms with Crippen LogP contribution in [0.1, 0.15) is 51.8 Å². The maximum Gasteiger partial charge on any atom is 0.193 e. The second-order valence-electron chi connectivity index (χ2n) is 9.40. The van der Waals surface area contributed by atoms with Crippen LogP contribution in [0.2, 0.25) is 0 Å². The summed E-state index contributed by atoms with van der Waals surface area (Å²) in [4.78, 5) is 26.8. The number of fused-ring (bicyclic) bond motifs is 1. The summed E-state index contributed by atoms with van der Waals surface area (Å²) in [5, 5.41) is 7.20. The molecule has 1 aliphatic carbocycles. The van der Waals surface area contributed by atoms with Crippen LogP contribution < -0.4 is 10.6 Å². The molecule has 2 aliphatic rings. The Morgan fingerprint density at radius 1 is 0.667 bits per heavy atom. The molecule has 4 aromatic rings. The van der Waals surface area contributed by atoms with E-state index in [1.807, 2.05) is 84.9 Å². The molecule has 0 aromatic heterocycles. The highest BCUT2D eigenvalue weighted by Gasteiger charge is 2.36. The number of nitrogens with one attached hydrogen (secondary N) is 2. The molecule has 0 saturated carbocycles. The highest BCUT2D eigenvalue weighted by Crippen LogP contribution is 2.44. The fraction of sp³-hybridized carbons (Fsp3) is 0.125. The van der Waals surface area contributed by atoms with Gasteiger partial charge in [0, 0.05) is 28.8 Å². The van der Waals surface area contributed by atoms with Crippen LogP contribution in [0.3, 0.4) is 0 Å². The summed E-state index contributed by atoms with van der Waals surface area (Å²) < 4.78 is 0. The van der Waals surface area contributed by atoms with Crippen LogP contribution in [0.25, 0.3) is 0 Å². The number of hydrogen-bond acceptors (Lipinski definition) is 4. The summed E-state index contributed by atoms with van der Waals surface area (Å²) in [6.07, 6.45) is 1.20. The molecule has 176 valence electrons. The summed E-state index contributed by atoms with van der Waals surface area (Å²) in [6.45, 7) is 0. The van der Waals surface area contributed by atoms with Gasteiger partial charge in [0.05, 0.1) is 17.4 Å². The van der Waals surface area contributed by atoms with Gasteiger partial charge < -0.3 is 10.6 Å². The number of rotatable bonds is 4. The van der Waals surface area contributed by atoms with E-state index in [0.717, 1.165) is 34.6 Å². The molecule has 4 nitrogen and oxygen atoms in total. The summed E-state index contributed by atoms with van der Waals surface area (Å²) in [7, 11) is 0. The van der Waals surface area contributed by atoms with Crippen molar-refractivity contribution in [3.05, 3.63) is 143 Å². The van der Waals surface area contributed by atoms with Crippen molar-refractivity contribution in [3.63, 3.8) is 0 Å². The molecule has 0 amide bonds. The van der Waals surface area contributed by atoms with Crippen LogP contribution in [0.5, 0.6) is 0 Å². The van der Waals surface area contributed by atoms with E-state index in [1.165, 1.54) is 5.56 Å². The van der Waals surface area contributed by atoms with Crippen LogP contribution in [0, 0.1) is 0 Å². The molecule has 2 atom stereocenters. The van der Waals surface area contributed by atoms with Crippen molar-refractivity contribution in [2.24, 2.45) is 0 Å². The second kappa shape index (κ2) is 9.31. The van der Waals surface area contributed by atoms with Crippen molar-refractivity contribution < 1.29 is 9.59 Å². The first-order valence-corrected chi connectivity index (χ1v) is 12.3. The Morgan fingerprint density at radius 3 is 2.00 bits per heavy atom. The summed E-state index contributed by atoms with van der Waals surface area (Å²) in [5.41, 5.74) is 6.84. The van der Waals surface area contributed by atoms with Crippen molar-refractivity contribution in [3.8, 4) is 0 Å². The first-order chi connectivity index (χ1) is 17.7. The lowest BCUT2D eigenvalue weighted by molar-refractivity contribution is -0.116. The van der Waals surface area contributed by atoms with Crippen molar-refractivity contribution in [1.82, 2.24) is 0 Å². The monoisotopic (exact) mass is 470 g/mol. The highest BCUT2D eigenvalue weighted by atomic mass is 16.1. The van der Waals surface area contributed by atoms with Gasteiger partial charge in [-0.05, 0) is 41.7 Å². The topological polar surface area (TPSA) is 58.2 Å². The van der Waals surface area contributed by atoms with E-state index in [9.17, 15) is 9.59 Å². The molecule has 2 N–H and O–H groups in total. The number of hydrogen-bond donors (Lipinski definition) is 2. The van der Waals surface area contributed by atoms with Crippen molar-refractivity contribution in [2.75, 3.05) is 10.6 Å². The van der Waals surface area contributed by atoms with Gasteiger partial charge in [0.1, 0.15) is 0 Å². The summed E-state index contributed by atoms with van der Waals surface area (Å²) in [6, 6.07) is 35.0. The molecule has 0 bridgehead atoms. The Bertz CT molecular complexity index is 1460. The molecule has 36 heavy (non-hydrogen) atoms. The first kappa shape index (κ1) is 22.1. The minimum atomic E-state index is -0.269. The van der Waals surface area contributed by atoms with E-state index < -0.39 is 0 Å². The number of ketones is 2. The Morgan fingerprint density at radius 2 is 1.31 bits per heavy atom. The Hall–Kier alpha value is -4.44. The molecule has 0 spiro atoms. The molecule has 0 fully saturated rings. The van der Waals surface area contributed by atoms with E-state index >= 15 is 0 Å². The SMILES string of the molecule is O=C1C[C@@H](c2ccccc2)CC2=C1[C@@H](c1ccccc1)Nc1ccc(C(=O)c3ccccc3)cc1N2. The van der Waals surface area contributed by atoms with Gasteiger partial charge in [-0.15, -0.1) is 0 Å². The van der Waals surface area contributed by atoms with Gasteiger partial charge in [-0.3, -0.25) is 9.59 Å². The third-order valence-corrected chi connectivity index (χ3v) is 7.10. The Balaban J connectivity index is 1.43. The highest BCUT2D eigenvalue weighted by molar-refractivity contribution is 6.10. The fourth-order valence-electron chi connectivity index (χ4n) is 5.30. The van der Waals surface area contributed by atoms with Gasteiger partial charge in [0.25, 0.3) is 0 Å². The van der Waals surface area contributed by atoms with E-state index in [0.29, 0.717) is 17.5 Å². The molecule has 1 aliphatic heterocycles. The van der Waals surface area contributed by atoms with Crippen LogP contribution in [0.4, 0.5) is 11.4 Å². The number of allylic oxidation sites excluding steroid dienone is 1. The molecular formula is C32H26N2O2. The van der Waals surface area contributed by atoms with Gasteiger partial charge in [-0.25, -0.2) is 0 Å². The molecule has 0 unspecified atom stereocenters. The Kier molecular flexibility index (Phi) is 5.70. The van der Waals surface area contributed by atoms with Crippen molar-refractivity contribution in [2.45, 2.75) is 24.8 Å². The standard InChI is InChI=1S/C32H26N2O2/c35-29-20-25(21-10-4-1-5-11-21)19-28-30(29)31(22-12-6-2-7-13-22)34-26-17-16-24(18-27(26)33-28)32(36)23-14-8-3-9-15-23/h1-18,25,31,33-34H,19-20H2/t25-,31+/m0/s1. The first-order valence-electron chi connectivity index (χ1n) is 12.3. The molecule has 4 heteroatoms. The van der Waals surface area contributed by atoms with Crippen LogP contribution >= 0.6 is 0 Å². The van der Waals surface area contributed by atoms with Crippen molar-refractivity contribution >= 4 is 22.9 Å². The smallest absolute Gasteiger partial charge is 0.193 e. The van der Waals surface area contributed by atoms with Gasteiger partial charge in [0.2, 0.25) is 0 Å². The number of carbonyl (C=O) groups excluding carboxylic acids is 2. The van der Waals surface area contributed by atoms with Gasteiger partial charge in [-0.1, -0.05) is 91.0 Å². The number of Topliss-reactive ketones (excluding diaryl/α,β-unsaturated/α-hetero) is 1. The Labute approximate surface area is 210 Å². The zero-order valence-corrected chi connectivity index (χ0v) is 19.8.